The summed E-state index contributed by atoms with van der Waals surface area (Å²) in [7, 11) is 0. The zero-order valence-corrected chi connectivity index (χ0v) is 17.2. The molecule has 152 valence electrons. The number of nitrogen functional groups attached to an aromatic ring is 1. The molecule has 0 heterocycles. The minimum absolute atomic E-state index is 0. The molecule has 2 aromatic rings. The number of hydrogen-bond donors (Lipinski definition) is 4. The van der Waals surface area contributed by atoms with Crippen LogP contribution in [0.15, 0.2) is 42.5 Å². The molecule has 6 nitrogen and oxygen atoms in total. The molecule has 0 fully saturated rings. The number of amidine groups is 1. The Kier molecular flexibility index (Phi) is 8.79. The molecule has 0 spiro atoms. The van der Waals surface area contributed by atoms with E-state index < -0.39 is 12.0 Å². The first-order valence-corrected chi connectivity index (χ1v) is 9.00. The van der Waals surface area contributed by atoms with Crippen LogP contribution in [0, 0.1) is 11.3 Å². The second kappa shape index (κ2) is 10.6. The zero-order chi connectivity index (χ0) is 20.0. The Labute approximate surface area is 172 Å². The van der Waals surface area contributed by atoms with Gasteiger partial charge in [0.05, 0.1) is 6.61 Å². The third-order valence-electron chi connectivity index (χ3n) is 4.07. The summed E-state index contributed by atoms with van der Waals surface area (Å²) in [6, 6.07) is 11.5. The van der Waals surface area contributed by atoms with Crippen molar-refractivity contribution >= 4 is 29.9 Å². The average molecular weight is 406 g/mol. The quantitative estimate of drug-likeness (QED) is 0.369. The molecule has 7 heteroatoms. The maximum atomic E-state index is 11.9. The number of anilines is 1. The van der Waals surface area contributed by atoms with Crippen LogP contribution in [0.4, 0.5) is 5.69 Å². The number of aryl methyl sites for hydroxylation is 1. The summed E-state index contributed by atoms with van der Waals surface area (Å²) in [4.78, 5) is 11.9. The van der Waals surface area contributed by atoms with Crippen molar-refractivity contribution in [1.29, 1.82) is 5.41 Å². The molecule has 5 N–H and O–H groups in total. The van der Waals surface area contributed by atoms with Crippen LogP contribution in [-0.2, 0) is 11.2 Å². The molecule has 28 heavy (non-hydrogen) atoms. The Morgan fingerprint density at radius 2 is 1.86 bits per heavy atom. The molecule has 0 saturated carbocycles. The lowest BCUT2D eigenvalue weighted by Gasteiger charge is -2.19. The number of aliphatic carboxylic acids is 1. The Hall–Kier alpha value is -2.73. The fourth-order valence-corrected chi connectivity index (χ4v) is 2.60. The molecule has 2 aromatic carbocycles. The fourth-order valence-electron chi connectivity index (χ4n) is 2.60. The number of ether oxygens (including phenoxy) is 1. The summed E-state index contributed by atoms with van der Waals surface area (Å²) in [6.07, 6.45) is 0.783. The standard InChI is InChI=1S/C21H27N3O3.ClH/c1-4-14-9-16(11-18(10-14)27-12-13(2)3)19(21(25)26)24-17-7-5-15(6-8-17)20(22)23;/h5-11,13,19,24H,4,12H2,1-3H3,(H3,22,23)(H,25,26);1H. The maximum Gasteiger partial charge on any atom is 0.330 e. The predicted molar refractivity (Wildman–Crippen MR) is 115 cm³/mol. The van der Waals surface area contributed by atoms with Crippen molar-refractivity contribution in [2.75, 3.05) is 11.9 Å². The van der Waals surface area contributed by atoms with E-state index in [9.17, 15) is 9.90 Å². The van der Waals surface area contributed by atoms with Gasteiger partial charge in [-0.1, -0.05) is 26.8 Å². The van der Waals surface area contributed by atoms with Gasteiger partial charge in [0.1, 0.15) is 11.6 Å². The molecule has 2 rings (SSSR count). The highest BCUT2D eigenvalue weighted by Crippen LogP contribution is 2.26. The lowest BCUT2D eigenvalue weighted by Crippen LogP contribution is -2.21. The Morgan fingerprint density at radius 3 is 2.36 bits per heavy atom. The third-order valence-corrected chi connectivity index (χ3v) is 4.07. The van der Waals surface area contributed by atoms with Crippen molar-refractivity contribution in [3.63, 3.8) is 0 Å². The summed E-state index contributed by atoms with van der Waals surface area (Å²) < 4.78 is 5.81. The molecular formula is C21H28ClN3O3. The number of carboxylic acid groups (broad SMARTS) is 1. The van der Waals surface area contributed by atoms with Crippen molar-refractivity contribution < 1.29 is 14.6 Å². The lowest BCUT2D eigenvalue weighted by molar-refractivity contribution is -0.138. The minimum Gasteiger partial charge on any atom is -0.493 e. The van der Waals surface area contributed by atoms with Crippen LogP contribution < -0.4 is 15.8 Å². The molecule has 0 aromatic heterocycles. The highest BCUT2D eigenvalue weighted by molar-refractivity contribution is 5.95. The van der Waals surface area contributed by atoms with Crippen LogP contribution in [0.5, 0.6) is 5.75 Å². The van der Waals surface area contributed by atoms with Crippen LogP contribution in [0.25, 0.3) is 0 Å². The third kappa shape index (κ3) is 6.46. The van der Waals surface area contributed by atoms with Gasteiger partial charge in [-0.25, -0.2) is 4.79 Å². The second-order valence-corrected chi connectivity index (χ2v) is 6.88. The number of rotatable bonds is 9. The number of hydrogen-bond acceptors (Lipinski definition) is 4. The van der Waals surface area contributed by atoms with E-state index in [1.54, 1.807) is 30.3 Å². The number of nitrogens with two attached hydrogens (primary N) is 1. The number of halogens is 1. The number of nitrogens with one attached hydrogen (secondary N) is 2. The Bertz CT molecular complexity index is 807. The highest BCUT2D eigenvalue weighted by Gasteiger charge is 2.21. The maximum absolute atomic E-state index is 11.9. The summed E-state index contributed by atoms with van der Waals surface area (Å²) in [5.74, 6) is 0.0533. The van der Waals surface area contributed by atoms with Gasteiger partial charge in [-0.05, 0) is 59.9 Å². The molecule has 0 saturated heterocycles. The molecule has 0 aliphatic rings. The number of carboxylic acids is 1. The first kappa shape index (κ1) is 23.3. The number of carbonyl (C=O) groups is 1. The van der Waals surface area contributed by atoms with Crippen LogP contribution >= 0.6 is 12.4 Å². The first-order chi connectivity index (χ1) is 12.8. The van der Waals surface area contributed by atoms with Gasteiger partial charge < -0.3 is 20.9 Å². The fraction of sp³-hybridized carbons (Fsp3) is 0.333. The van der Waals surface area contributed by atoms with E-state index >= 15 is 0 Å². The van der Waals surface area contributed by atoms with Gasteiger partial charge in [-0.2, -0.15) is 0 Å². The summed E-state index contributed by atoms with van der Waals surface area (Å²) in [6.45, 7) is 6.73. The predicted octanol–water partition coefficient (Wildman–Crippen LogP) is 4.23. The minimum atomic E-state index is -0.978. The molecule has 0 aliphatic heterocycles. The van der Waals surface area contributed by atoms with Gasteiger partial charge in [0.25, 0.3) is 0 Å². The van der Waals surface area contributed by atoms with Crippen molar-refractivity contribution in [2.45, 2.75) is 33.2 Å². The topological polar surface area (TPSA) is 108 Å². The van der Waals surface area contributed by atoms with Crippen molar-refractivity contribution in [1.82, 2.24) is 0 Å². The molecule has 1 unspecified atom stereocenters. The van der Waals surface area contributed by atoms with Crippen molar-refractivity contribution in [3.8, 4) is 5.75 Å². The molecule has 0 bridgehead atoms. The monoisotopic (exact) mass is 405 g/mol. The van der Waals surface area contributed by atoms with E-state index in [1.165, 1.54) is 0 Å². The highest BCUT2D eigenvalue weighted by atomic mass is 35.5. The molecule has 0 aliphatic carbocycles. The van der Waals surface area contributed by atoms with Crippen LogP contribution in [0.2, 0.25) is 0 Å². The van der Waals surface area contributed by atoms with E-state index in [-0.39, 0.29) is 18.2 Å². The van der Waals surface area contributed by atoms with E-state index in [0.717, 1.165) is 12.0 Å². The van der Waals surface area contributed by atoms with Gasteiger partial charge in [-0.3, -0.25) is 5.41 Å². The molecular weight excluding hydrogens is 378 g/mol. The van der Waals surface area contributed by atoms with Crippen LogP contribution in [0.3, 0.4) is 0 Å². The first-order valence-electron chi connectivity index (χ1n) is 9.00. The second-order valence-electron chi connectivity index (χ2n) is 6.88. The van der Waals surface area contributed by atoms with Gasteiger partial charge in [0, 0.05) is 11.3 Å². The van der Waals surface area contributed by atoms with Gasteiger partial charge in [-0.15, -0.1) is 12.4 Å². The van der Waals surface area contributed by atoms with Crippen molar-refractivity contribution in [3.05, 3.63) is 59.2 Å². The SMILES string of the molecule is CCc1cc(OCC(C)C)cc(C(Nc2ccc(C(=N)N)cc2)C(=O)O)c1.Cl. The van der Waals surface area contributed by atoms with E-state index in [2.05, 4.69) is 19.2 Å². The Balaban J connectivity index is 0.00000392. The molecule has 1 atom stereocenters. The molecule has 0 amide bonds. The largest absolute Gasteiger partial charge is 0.493 e. The van der Waals surface area contributed by atoms with Crippen molar-refractivity contribution in [2.24, 2.45) is 11.7 Å². The zero-order valence-electron chi connectivity index (χ0n) is 16.4. The summed E-state index contributed by atoms with van der Waals surface area (Å²) in [5, 5.41) is 20.2. The lowest BCUT2D eigenvalue weighted by atomic mass is 10.0. The summed E-state index contributed by atoms with van der Waals surface area (Å²) in [5.41, 5.74) is 8.34. The van der Waals surface area contributed by atoms with Gasteiger partial charge in [0.2, 0.25) is 0 Å². The Morgan fingerprint density at radius 1 is 1.21 bits per heavy atom. The van der Waals surface area contributed by atoms with Gasteiger partial charge in [0.15, 0.2) is 6.04 Å². The normalized spacial score (nSPS) is 11.4. The van der Waals surface area contributed by atoms with Crippen LogP contribution in [0.1, 0.15) is 43.5 Å². The number of benzene rings is 2. The summed E-state index contributed by atoms with van der Waals surface area (Å²) >= 11 is 0. The smallest absolute Gasteiger partial charge is 0.330 e. The van der Waals surface area contributed by atoms with E-state index in [1.807, 2.05) is 19.1 Å². The van der Waals surface area contributed by atoms with Gasteiger partial charge >= 0.3 is 5.97 Å². The van der Waals surface area contributed by atoms with E-state index in [0.29, 0.717) is 35.1 Å². The molecule has 0 radical (unpaired) electrons. The van der Waals surface area contributed by atoms with E-state index in [4.69, 9.17) is 15.9 Å². The van der Waals surface area contributed by atoms with Crippen LogP contribution in [-0.4, -0.2) is 23.5 Å². The average Bonchev–Trinajstić information content (AvgIpc) is 2.64.